The molecule has 2 aromatic rings. The Morgan fingerprint density at radius 3 is 2.15 bits per heavy atom. The van der Waals surface area contributed by atoms with Gasteiger partial charge < -0.3 is 15.4 Å². The van der Waals surface area contributed by atoms with E-state index in [9.17, 15) is 14.4 Å². The Labute approximate surface area is 282 Å². The summed E-state index contributed by atoms with van der Waals surface area (Å²) in [6.45, 7) is 7.67. The highest BCUT2D eigenvalue weighted by molar-refractivity contribution is 7.09. The summed E-state index contributed by atoms with van der Waals surface area (Å²) in [4.78, 5) is 40.7. The molecule has 0 saturated carbocycles. The van der Waals surface area contributed by atoms with Crippen LogP contribution in [0.25, 0.3) is 0 Å². The number of benzene rings is 1. The number of nitrogens with one attached hydrogen (secondary N) is 2. The fraction of sp³-hybridized carbons (Fsp3) is 0.658. The maximum absolute atomic E-state index is 12.6. The zero-order chi connectivity index (χ0) is 32.8. The fourth-order valence-corrected chi connectivity index (χ4v) is 7.02. The van der Waals surface area contributed by atoms with Crippen molar-refractivity contribution in [2.75, 3.05) is 26.2 Å². The minimum Gasteiger partial charge on any atom is -0.426 e. The summed E-state index contributed by atoms with van der Waals surface area (Å²) in [7, 11) is 0. The molecule has 2 amide bonds. The number of amides is 2. The standard InChI is InChI=1S/C38H59N3O4S/c1-3-5-25-39-36(42)19-12-10-8-6-7-9-11-13-20-37(43)40-26-23-38(44)45-35-18-14-16-31-30-32(21-22-34(31)35)41(27-4-2)28-24-33-17-15-29-46-33/h14-18,29,32H,3-13,19-28,30H2,1-2H3,(H,39,42)(H,40,43)/t32-/m1/s1. The SMILES string of the molecule is CCCCNC(=O)CCCCCCCCCCC(=O)NCCC(=O)Oc1cccc2c1CC[C@@H](N(CCC)CCc1cccs1)C2. The van der Waals surface area contributed by atoms with Gasteiger partial charge in [0, 0.05) is 43.4 Å². The number of carbonyl (C=O) groups excluding carboxylic acids is 3. The van der Waals surface area contributed by atoms with Crippen LogP contribution in [0.4, 0.5) is 0 Å². The topological polar surface area (TPSA) is 87.7 Å². The Kier molecular flexibility index (Phi) is 18.7. The maximum Gasteiger partial charge on any atom is 0.312 e. The lowest BCUT2D eigenvalue weighted by atomic mass is 9.86. The van der Waals surface area contributed by atoms with Gasteiger partial charge in [0.2, 0.25) is 11.8 Å². The molecule has 1 atom stereocenters. The third-order valence-electron chi connectivity index (χ3n) is 8.95. The van der Waals surface area contributed by atoms with Gasteiger partial charge in [-0.2, -0.15) is 0 Å². The number of fused-ring (bicyclic) bond motifs is 1. The Morgan fingerprint density at radius 2 is 1.50 bits per heavy atom. The minimum absolute atomic E-state index is 0.00357. The zero-order valence-electron chi connectivity index (χ0n) is 28.6. The van der Waals surface area contributed by atoms with Gasteiger partial charge >= 0.3 is 5.97 Å². The van der Waals surface area contributed by atoms with E-state index in [1.165, 1.54) is 29.7 Å². The summed E-state index contributed by atoms with van der Waals surface area (Å²) >= 11 is 1.84. The highest BCUT2D eigenvalue weighted by Crippen LogP contribution is 2.32. The van der Waals surface area contributed by atoms with Crippen molar-refractivity contribution in [1.82, 2.24) is 15.5 Å². The lowest BCUT2D eigenvalue weighted by molar-refractivity contribution is -0.134. The first-order valence-electron chi connectivity index (χ1n) is 18.1. The molecule has 1 aliphatic carbocycles. The van der Waals surface area contributed by atoms with E-state index in [4.69, 9.17) is 4.74 Å². The Morgan fingerprint density at radius 1 is 0.804 bits per heavy atom. The van der Waals surface area contributed by atoms with Crippen molar-refractivity contribution in [3.63, 3.8) is 0 Å². The molecule has 0 saturated heterocycles. The quantitative estimate of drug-likeness (QED) is 0.0686. The van der Waals surface area contributed by atoms with E-state index in [1.54, 1.807) is 0 Å². The summed E-state index contributed by atoms with van der Waals surface area (Å²) in [5.41, 5.74) is 2.45. The number of nitrogens with zero attached hydrogens (tertiary/aromatic N) is 1. The number of carbonyl (C=O) groups is 3. The van der Waals surface area contributed by atoms with Gasteiger partial charge in [-0.1, -0.05) is 77.0 Å². The third kappa shape index (κ3) is 14.8. The summed E-state index contributed by atoms with van der Waals surface area (Å²) < 4.78 is 5.80. The van der Waals surface area contributed by atoms with E-state index in [-0.39, 0.29) is 24.2 Å². The molecule has 1 aromatic carbocycles. The number of thiophene rings is 1. The molecule has 7 nitrogen and oxygen atoms in total. The van der Waals surface area contributed by atoms with Crippen molar-refractivity contribution in [2.45, 2.75) is 135 Å². The van der Waals surface area contributed by atoms with Crippen molar-refractivity contribution in [3.05, 3.63) is 51.7 Å². The van der Waals surface area contributed by atoms with E-state index in [1.807, 2.05) is 23.5 Å². The first-order valence-corrected chi connectivity index (χ1v) is 19.0. The number of hydrogen-bond acceptors (Lipinski definition) is 6. The summed E-state index contributed by atoms with van der Waals surface area (Å²) in [5, 5.41) is 8.01. The van der Waals surface area contributed by atoms with Crippen molar-refractivity contribution in [1.29, 1.82) is 0 Å². The van der Waals surface area contributed by atoms with Gasteiger partial charge in [0.25, 0.3) is 0 Å². The van der Waals surface area contributed by atoms with Crippen LogP contribution in [-0.2, 0) is 33.6 Å². The molecule has 256 valence electrons. The monoisotopic (exact) mass is 653 g/mol. The van der Waals surface area contributed by atoms with Gasteiger partial charge in [0.15, 0.2) is 0 Å². The smallest absolute Gasteiger partial charge is 0.312 e. The van der Waals surface area contributed by atoms with Crippen LogP contribution < -0.4 is 15.4 Å². The second-order valence-corrected chi connectivity index (χ2v) is 13.8. The molecular weight excluding hydrogens is 595 g/mol. The number of rotatable bonds is 24. The van der Waals surface area contributed by atoms with Gasteiger partial charge in [-0.3, -0.25) is 19.3 Å². The lowest BCUT2D eigenvalue weighted by Gasteiger charge is -2.35. The summed E-state index contributed by atoms with van der Waals surface area (Å²) in [6.07, 6.45) is 17.3. The molecule has 0 fully saturated rings. The van der Waals surface area contributed by atoms with Crippen molar-refractivity contribution < 1.29 is 19.1 Å². The van der Waals surface area contributed by atoms with Crippen molar-refractivity contribution in [3.8, 4) is 5.75 Å². The van der Waals surface area contributed by atoms with Crippen LogP contribution in [0.15, 0.2) is 35.7 Å². The number of hydrogen-bond donors (Lipinski definition) is 2. The van der Waals surface area contributed by atoms with Crippen LogP contribution >= 0.6 is 11.3 Å². The zero-order valence-corrected chi connectivity index (χ0v) is 29.4. The molecule has 0 bridgehead atoms. The number of ether oxygens (including phenoxy) is 1. The van der Waals surface area contributed by atoms with E-state index < -0.39 is 0 Å². The molecule has 0 aliphatic heterocycles. The third-order valence-corrected chi connectivity index (χ3v) is 9.89. The molecular formula is C38H59N3O4S. The molecule has 0 spiro atoms. The normalized spacial score (nSPS) is 14.2. The molecule has 3 rings (SSSR count). The van der Waals surface area contributed by atoms with Crippen molar-refractivity contribution in [2.24, 2.45) is 0 Å². The van der Waals surface area contributed by atoms with Gasteiger partial charge in [0.1, 0.15) is 5.75 Å². The van der Waals surface area contributed by atoms with Crippen LogP contribution in [0.5, 0.6) is 5.75 Å². The minimum atomic E-state index is -0.295. The molecule has 0 radical (unpaired) electrons. The second-order valence-electron chi connectivity index (χ2n) is 12.8. The molecule has 46 heavy (non-hydrogen) atoms. The Hall–Kier alpha value is -2.71. The van der Waals surface area contributed by atoms with Crippen LogP contribution in [0, 0.1) is 0 Å². The predicted octanol–water partition coefficient (Wildman–Crippen LogP) is 7.79. The first-order chi connectivity index (χ1) is 22.5. The fourth-order valence-electron chi connectivity index (χ4n) is 6.32. The van der Waals surface area contributed by atoms with Gasteiger partial charge in [-0.05, 0) is 86.6 Å². The van der Waals surface area contributed by atoms with Crippen LogP contribution in [0.2, 0.25) is 0 Å². The van der Waals surface area contributed by atoms with E-state index >= 15 is 0 Å². The van der Waals surface area contributed by atoms with Crippen LogP contribution in [0.1, 0.15) is 126 Å². The Bertz CT molecular complexity index is 1150. The molecule has 2 N–H and O–H groups in total. The van der Waals surface area contributed by atoms with Crippen LogP contribution in [-0.4, -0.2) is 54.9 Å². The van der Waals surface area contributed by atoms with Crippen molar-refractivity contribution >= 4 is 29.1 Å². The second kappa shape index (κ2) is 22.8. The van der Waals surface area contributed by atoms with E-state index in [2.05, 4.69) is 53.0 Å². The molecule has 1 aliphatic rings. The van der Waals surface area contributed by atoms with Gasteiger partial charge in [-0.15, -0.1) is 11.3 Å². The maximum atomic E-state index is 12.6. The molecule has 1 heterocycles. The van der Waals surface area contributed by atoms with Crippen LogP contribution in [0.3, 0.4) is 0 Å². The molecule has 8 heteroatoms. The van der Waals surface area contributed by atoms with E-state index in [0.717, 1.165) is 102 Å². The molecule has 0 unspecified atom stereocenters. The Balaban J connectivity index is 1.24. The van der Waals surface area contributed by atoms with Gasteiger partial charge in [0.05, 0.1) is 6.42 Å². The average molecular weight is 654 g/mol. The summed E-state index contributed by atoms with van der Waals surface area (Å²) in [6, 6.07) is 11.0. The van der Waals surface area contributed by atoms with E-state index in [0.29, 0.717) is 31.2 Å². The number of esters is 1. The highest BCUT2D eigenvalue weighted by Gasteiger charge is 2.26. The molecule has 1 aromatic heterocycles. The first kappa shape index (κ1) is 37.7. The van der Waals surface area contributed by atoms with Gasteiger partial charge in [-0.25, -0.2) is 0 Å². The highest BCUT2D eigenvalue weighted by atomic mass is 32.1. The number of unbranched alkanes of at least 4 members (excludes halogenated alkanes) is 8. The average Bonchev–Trinajstić information content (AvgIpc) is 3.58. The largest absolute Gasteiger partial charge is 0.426 e. The predicted molar refractivity (Wildman–Crippen MR) is 189 cm³/mol. The summed E-state index contributed by atoms with van der Waals surface area (Å²) in [5.74, 6) is 0.572. The lowest BCUT2D eigenvalue weighted by Crippen LogP contribution is -2.41.